The lowest BCUT2D eigenvalue weighted by Crippen LogP contribution is -1.87. The molecule has 11 heavy (non-hydrogen) atoms. The van der Waals surface area contributed by atoms with Gasteiger partial charge in [-0.2, -0.15) is 5.10 Å². The lowest BCUT2D eigenvalue weighted by atomic mass is 10.6. The second-order valence-corrected chi connectivity index (χ2v) is 3.27. The van der Waals surface area contributed by atoms with Crippen molar-refractivity contribution in [2.24, 2.45) is 0 Å². The summed E-state index contributed by atoms with van der Waals surface area (Å²) in [6.07, 6.45) is 3.63. The third-order valence-corrected chi connectivity index (χ3v) is 1.84. The number of aryl methyl sites for hydroxylation is 1. The molecule has 0 aliphatic heterocycles. The molecular weight excluding hydrogens is 206 g/mol. The van der Waals surface area contributed by atoms with Crippen molar-refractivity contribution in [3.05, 3.63) is 28.6 Å². The average Bonchev–Trinajstić information content (AvgIpc) is 2.27. The van der Waals surface area contributed by atoms with E-state index in [-0.39, 0.29) is 0 Å². The number of hydrogen-bond donors (Lipinski definition) is 0. The molecule has 3 nitrogen and oxygen atoms in total. The zero-order valence-electron chi connectivity index (χ0n) is 5.95. The Morgan fingerprint density at radius 2 is 2.36 bits per heavy atom. The van der Waals surface area contributed by atoms with Crippen LogP contribution in [0.1, 0.15) is 5.69 Å². The molecule has 2 aromatic heterocycles. The molecule has 0 bridgehead atoms. The normalized spacial score (nSPS) is 10.7. The van der Waals surface area contributed by atoms with Crippen molar-refractivity contribution in [3.63, 3.8) is 0 Å². The minimum absolute atomic E-state index is 0.872. The minimum atomic E-state index is 0.872. The molecule has 0 aromatic carbocycles. The van der Waals surface area contributed by atoms with Crippen LogP contribution in [-0.4, -0.2) is 14.6 Å². The minimum Gasteiger partial charge on any atom is -0.232 e. The van der Waals surface area contributed by atoms with Gasteiger partial charge in [-0.05, 0) is 28.9 Å². The fourth-order valence-corrected chi connectivity index (χ4v) is 1.27. The lowest BCUT2D eigenvalue weighted by molar-refractivity contribution is 0.929. The molecule has 4 heteroatoms. The maximum atomic E-state index is 4.24. The predicted octanol–water partition coefficient (Wildman–Crippen LogP) is 1.80. The summed E-state index contributed by atoms with van der Waals surface area (Å²) in [6, 6.07) is 1.93. The first-order chi connectivity index (χ1) is 5.25. The molecule has 0 aliphatic carbocycles. The van der Waals surface area contributed by atoms with Crippen LogP contribution in [0.4, 0.5) is 0 Å². The Kier molecular flexibility index (Phi) is 1.42. The van der Waals surface area contributed by atoms with Gasteiger partial charge in [0.15, 0.2) is 5.65 Å². The van der Waals surface area contributed by atoms with E-state index in [0.29, 0.717) is 0 Å². The zero-order chi connectivity index (χ0) is 7.84. The van der Waals surface area contributed by atoms with E-state index in [4.69, 9.17) is 0 Å². The molecule has 0 aliphatic rings. The van der Waals surface area contributed by atoms with Gasteiger partial charge in [-0.15, -0.1) is 0 Å². The monoisotopic (exact) mass is 211 g/mol. The molecule has 0 N–H and O–H groups in total. The van der Waals surface area contributed by atoms with Gasteiger partial charge >= 0.3 is 0 Å². The van der Waals surface area contributed by atoms with E-state index >= 15 is 0 Å². The highest BCUT2D eigenvalue weighted by molar-refractivity contribution is 9.10. The molecule has 0 saturated carbocycles. The topological polar surface area (TPSA) is 30.2 Å². The summed E-state index contributed by atoms with van der Waals surface area (Å²) in [5, 5.41) is 4.11. The number of aromatic nitrogens is 3. The smallest absolute Gasteiger partial charge is 0.154 e. The second-order valence-electron chi connectivity index (χ2n) is 2.36. The van der Waals surface area contributed by atoms with Gasteiger partial charge in [-0.1, -0.05) is 0 Å². The maximum absolute atomic E-state index is 4.24. The van der Waals surface area contributed by atoms with Crippen molar-refractivity contribution >= 4 is 21.6 Å². The highest BCUT2D eigenvalue weighted by atomic mass is 79.9. The number of nitrogens with zero attached hydrogens (tertiary/aromatic N) is 3. The zero-order valence-corrected chi connectivity index (χ0v) is 7.54. The standard InChI is InChI=1S/C7H6BrN3/c1-5-4-11-7(10-5)2-6(8)3-9-11/h2-4H,1H3. The third kappa shape index (κ3) is 1.14. The van der Waals surface area contributed by atoms with E-state index in [1.54, 1.807) is 10.7 Å². The summed E-state index contributed by atoms with van der Waals surface area (Å²) < 4.78 is 2.70. The Hall–Kier alpha value is -0.900. The Balaban J connectivity index is 2.82. The Morgan fingerprint density at radius 3 is 3.18 bits per heavy atom. The van der Waals surface area contributed by atoms with E-state index < -0.39 is 0 Å². The van der Waals surface area contributed by atoms with E-state index in [2.05, 4.69) is 26.0 Å². The second kappa shape index (κ2) is 2.30. The van der Waals surface area contributed by atoms with E-state index in [1.165, 1.54) is 0 Å². The largest absolute Gasteiger partial charge is 0.232 e. The van der Waals surface area contributed by atoms with Crippen LogP contribution < -0.4 is 0 Å². The third-order valence-electron chi connectivity index (χ3n) is 1.41. The molecule has 0 atom stereocenters. The van der Waals surface area contributed by atoms with E-state index in [0.717, 1.165) is 15.8 Å². The Bertz CT molecular complexity index is 393. The van der Waals surface area contributed by atoms with Crippen molar-refractivity contribution in [2.75, 3.05) is 0 Å². The van der Waals surface area contributed by atoms with Gasteiger partial charge in [-0.25, -0.2) is 9.50 Å². The van der Waals surface area contributed by atoms with Crippen LogP contribution in [-0.2, 0) is 0 Å². The predicted molar refractivity (Wildman–Crippen MR) is 45.4 cm³/mol. The van der Waals surface area contributed by atoms with Gasteiger partial charge in [-0.3, -0.25) is 0 Å². The fraction of sp³-hybridized carbons (Fsp3) is 0.143. The van der Waals surface area contributed by atoms with Crippen LogP contribution in [0.15, 0.2) is 22.9 Å². The summed E-state index contributed by atoms with van der Waals surface area (Å²) >= 11 is 3.33. The Morgan fingerprint density at radius 1 is 1.55 bits per heavy atom. The van der Waals surface area contributed by atoms with Crippen molar-refractivity contribution in [3.8, 4) is 0 Å². The van der Waals surface area contributed by atoms with Gasteiger partial charge in [0.1, 0.15) is 0 Å². The number of fused-ring (bicyclic) bond motifs is 1. The van der Waals surface area contributed by atoms with E-state index in [1.807, 2.05) is 19.2 Å². The molecule has 2 rings (SSSR count). The average molecular weight is 212 g/mol. The molecule has 0 saturated heterocycles. The van der Waals surface area contributed by atoms with Gasteiger partial charge in [0.25, 0.3) is 0 Å². The molecule has 0 spiro atoms. The van der Waals surface area contributed by atoms with Crippen LogP contribution in [0.3, 0.4) is 0 Å². The summed E-state index contributed by atoms with van der Waals surface area (Å²) in [7, 11) is 0. The van der Waals surface area contributed by atoms with Crippen molar-refractivity contribution in [2.45, 2.75) is 6.92 Å². The molecule has 2 aromatic rings. The SMILES string of the molecule is Cc1cn2ncc(Br)cc2n1. The fourth-order valence-electron chi connectivity index (χ4n) is 0.973. The van der Waals surface area contributed by atoms with Crippen molar-refractivity contribution in [1.29, 1.82) is 0 Å². The van der Waals surface area contributed by atoms with Gasteiger partial charge in [0, 0.05) is 4.47 Å². The molecule has 0 amide bonds. The highest BCUT2D eigenvalue weighted by Crippen LogP contribution is 2.10. The van der Waals surface area contributed by atoms with Crippen LogP contribution in [0.25, 0.3) is 5.65 Å². The first-order valence-corrected chi connectivity index (χ1v) is 4.02. The van der Waals surface area contributed by atoms with Crippen LogP contribution in [0, 0.1) is 6.92 Å². The van der Waals surface area contributed by atoms with Crippen LogP contribution >= 0.6 is 15.9 Å². The quantitative estimate of drug-likeness (QED) is 0.666. The van der Waals surface area contributed by atoms with Crippen molar-refractivity contribution in [1.82, 2.24) is 14.6 Å². The molecule has 0 unspecified atom stereocenters. The van der Waals surface area contributed by atoms with Gasteiger partial charge < -0.3 is 0 Å². The summed E-state index contributed by atoms with van der Waals surface area (Å²) in [5.74, 6) is 0. The molecular formula is C7H6BrN3. The first-order valence-electron chi connectivity index (χ1n) is 3.23. The van der Waals surface area contributed by atoms with Gasteiger partial charge in [0.05, 0.1) is 18.1 Å². The molecule has 56 valence electrons. The summed E-state index contributed by atoms with van der Waals surface area (Å²) in [6.45, 7) is 1.95. The van der Waals surface area contributed by atoms with Crippen LogP contribution in [0.5, 0.6) is 0 Å². The summed E-state index contributed by atoms with van der Waals surface area (Å²) in [5.41, 5.74) is 1.85. The van der Waals surface area contributed by atoms with E-state index in [9.17, 15) is 0 Å². The first kappa shape index (κ1) is 6.79. The summed E-state index contributed by atoms with van der Waals surface area (Å²) in [4.78, 5) is 4.24. The highest BCUT2D eigenvalue weighted by Gasteiger charge is 1.97. The number of hydrogen-bond acceptors (Lipinski definition) is 2. The number of rotatable bonds is 0. The Labute approximate surface area is 72.2 Å². The molecule has 0 fully saturated rings. The number of halogens is 1. The van der Waals surface area contributed by atoms with Crippen molar-refractivity contribution < 1.29 is 0 Å². The number of imidazole rings is 1. The maximum Gasteiger partial charge on any atom is 0.154 e. The lowest BCUT2D eigenvalue weighted by Gasteiger charge is -1.90. The van der Waals surface area contributed by atoms with Gasteiger partial charge in [0.2, 0.25) is 0 Å². The molecule has 2 heterocycles. The van der Waals surface area contributed by atoms with Crippen LogP contribution in [0.2, 0.25) is 0 Å². The molecule has 0 radical (unpaired) electrons.